The van der Waals surface area contributed by atoms with Crippen LogP contribution in [-0.2, 0) is 6.54 Å². The lowest BCUT2D eigenvalue weighted by Gasteiger charge is -2.07. The van der Waals surface area contributed by atoms with Crippen LogP contribution >= 0.6 is 0 Å². The number of halogens is 3. The maximum Gasteiger partial charge on any atom is 0.408 e. The summed E-state index contributed by atoms with van der Waals surface area (Å²) >= 11 is 0. The summed E-state index contributed by atoms with van der Waals surface area (Å²) in [6.07, 6.45) is -1.56. The third-order valence-electron chi connectivity index (χ3n) is 2.80. The topological polar surface area (TPSA) is 38.0 Å². The number of rotatable bonds is 2. The molecule has 102 valence electrons. The third kappa shape index (κ3) is 3.07. The zero-order chi connectivity index (χ0) is 14.2. The molecule has 0 saturated carbocycles. The molecule has 0 radical (unpaired) electrons. The number of hydrogen-bond acceptors (Lipinski definition) is 2. The molecule has 0 aliphatic carbocycles. The zero-order valence-electron chi connectivity index (χ0n) is 10.5. The second-order valence-corrected chi connectivity index (χ2v) is 4.50. The Hall–Kier alpha value is -1.98. The molecule has 1 aromatic heterocycles. The van der Waals surface area contributed by atoms with E-state index in [4.69, 9.17) is 0 Å². The predicted molar refractivity (Wildman–Crippen MR) is 64.9 cm³/mol. The van der Waals surface area contributed by atoms with Crippen molar-refractivity contribution in [3.8, 4) is 16.9 Å². The molecule has 0 amide bonds. The quantitative estimate of drug-likeness (QED) is 0.907. The van der Waals surface area contributed by atoms with E-state index >= 15 is 0 Å². The lowest BCUT2D eigenvalue weighted by atomic mass is 10.0. The van der Waals surface area contributed by atoms with Crippen LogP contribution in [0.4, 0.5) is 13.2 Å². The summed E-state index contributed by atoms with van der Waals surface area (Å²) in [6.45, 7) is 2.38. The van der Waals surface area contributed by atoms with Gasteiger partial charge in [0.2, 0.25) is 0 Å². The lowest BCUT2D eigenvalue weighted by Crippen LogP contribution is -2.17. The molecule has 2 rings (SSSR count). The maximum atomic E-state index is 12.2. The smallest absolute Gasteiger partial charge is 0.408 e. The number of aryl methyl sites for hydroxylation is 2. The second kappa shape index (κ2) is 4.60. The van der Waals surface area contributed by atoms with Crippen molar-refractivity contribution in [2.24, 2.45) is 0 Å². The van der Waals surface area contributed by atoms with Gasteiger partial charge in [-0.3, -0.25) is 4.68 Å². The summed E-state index contributed by atoms with van der Waals surface area (Å²) in [5.74, 6) is 0.200. The van der Waals surface area contributed by atoms with E-state index in [9.17, 15) is 18.3 Å². The monoisotopic (exact) mass is 270 g/mol. The Morgan fingerprint density at radius 1 is 1.16 bits per heavy atom. The van der Waals surface area contributed by atoms with Crippen molar-refractivity contribution in [3.63, 3.8) is 0 Å². The van der Waals surface area contributed by atoms with Crippen molar-refractivity contribution in [2.75, 3.05) is 0 Å². The Balaban J connectivity index is 2.33. The number of benzene rings is 1. The summed E-state index contributed by atoms with van der Waals surface area (Å²) in [5, 5.41) is 13.4. The number of alkyl halides is 3. The highest BCUT2D eigenvalue weighted by Crippen LogP contribution is 2.29. The summed E-state index contributed by atoms with van der Waals surface area (Å²) in [4.78, 5) is 0. The highest BCUT2D eigenvalue weighted by atomic mass is 19.4. The van der Waals surface area contributed by atoms with E-state index < -0.39 is 12.7 Å². The van der Waals surface area contributed by atoms with Gasteiger partial charge in [0.25, 0.3) is 0 Å². The van der Waals surface area contributed by atoms with Gasteiger partial charge < -0.3 is 5.11 Å². The van der Waals surface area contributed by atoms with Crippen LogP contribution in [0, 0.1) is 13.8 Å². The van der Waals surface area contributed by atoms with Crippen LogP contribution in [0.3, 0.4) is 0 Å². The zero-order valence-corrected chi connectivity index (χ0v) is 10.5. The van der Waals surface area contributed by atoms with Gasteiger partial charge in [-0.15, -0.1) is 0 Å². The van der Waals surface area contributed by atoms with Crippen LogP contribution < -0.4 is 0 Å². The predicted octanol–water partition coefficient (Wildman–Crippen LogP) is 3.43. The van der Waals surface area contributed by atoms with Crippen molar-refractivity contribution in [2.45, 2.75) is 26.6 Å². The molecule has 0 bridgehead atoms. The first-order valence-corrected chi connectivity index (χ1v) is 5.66. The van der Waals surface area contributed by atoms with Crippen LogP contribution in [0.1, 0.15) is 11.1 Å². The van der Waals surface area contributed by atoms with Gasteiger partial charge in [0.15, 0.2) is 0 Å². The maximum absolute atomic E-state index is 12.2. The van der Waals surface area contributed by atoms with Crippen LogP contribution in [0.5, 0.6) is 5.75 Å². The molecule has 1 heterocycles. The van der Waals surface area contributed by atoms with Crippen LogP contribution in [0.2, 0.25) is 0 Å². The Bertz CT molecular complexity index is 579. The number of nitrogens with zero attached hydrogens (tertiary/aromatic N) is 2. The first-order chi connectivity index (χ1) is 8.76. The van der Waals surface area contributed by atoms with Gasteiger partial charge >= 0.3 is 6.18 Å². The minimum absolute atomic E-state index is 0.200. The summed E-state index contributed by atoms with van der Waals surface area (Å²) < 4.78 is 37.6. The number of aromatic nitrogens is 2. The fraction of sp³-hybridized carbons (Fsp3) is 0.308. The normalized spacial score (nSPS) is 11.8. The molecule has 3 nitrogen and oxygen atoms in total. The van der Waals surface area contributed by atoms with Crippen molar-refractivity contribution in [1.29, 1.82) is 0 Å². The van der Waals surface area contributed by atoms with E-state index in [-0.39, 0.29) is 5.75 Å². The molecule has 0 saturated heterocycles. The van der Waals surface area contributed by atoms with Gasteiger partial charge in [-0.05, 0) is 42.7 Å². The van der Waals surface area contributed by atoms with Gasteiger partial charge in [0.1, 0.15) is 12.3 Å². The molecular formula is C13H13F3N2O. The van der Waals surface area contributed by atoms with Gasteiger partial charge in [-0.1, -0.05) is 0 Å². The summed E-state index contributed by atoms with van der Waals surface area (Å²) in [5.41, 5.74) is 2.69. The Morgan fingerprint density at radius 3 is 2.26 bits per heavy atom. The minimum Gasteiger partial charge on any atom is -0.507 e. The molecular weight excluding hydrogens is 257 g/mol. The molecule has 0 aliphatic rings. The third-order valence-corrected chi connectivity index (χ3v) is 2.80. The second-order valence-electron chi connectivity index (χ2n) is 4.50. The molecule has 0 fully saturated rings. The molecule has 0 atom stereocenters. The molecule has 0 aliphatic heterocycles. The van der Waals surface area contributed by atoms with E-state index in [2.05, 4.69) is 5.10 Å². The van der Waals surface area contributed by atoms with Crippen LogP contribution in [-0.4, -0.2) is 21.1 Å². The molecule has 19 heavy (non-hydrogen) atoms. The van der Waals surface area contributed by atoms with E-state index in [0.717, 1.165) is 10.2 Å². The average molecular weight is 270 g/mol. The van der Waals surface area contributed by atoms with Crippen LogP contribution in [0.25, 0.3) is 11.1 Å². The molecule has 2 aromatic rings. The molecule has 1 aromatic carbocycles. The number of phenolic OH excluding ortho intramolecular Hbond substituents is 1. The van der Waals surface area contributed by atoms with Crippen molar-refractivity contribution >= 4 is 0 Å². The number of hydrogen-bond donors (Lipinski definition) is 1. The SMILES string of the molecule is Cc1cc(-c2cnn(CC(F)(F)F)c2)cc(C)c1O. The molecule has 1 N–H and O–H groups in total. The van der Waals surface area contributed by atoms with E-state index in [1.54, 1.807) is 26.0 Å². The Morgan fingerprint density at radius 2 is 1.74 bits per heavy atom. The summed E-state index contributed by atoms with van der Waals surface area (Å²) in [7, 11) is 0. The lowest BCUT2D eigenvalue weighted by molar-refractivity contribution is -0.142. The average Bonchev–Trinajstić information content (AvgIpc) is 2.71. The molecule has 0 spiro atoms. The van der Waals surface area contributed by atoms with E-state index in [1.807, 2.05) is 0 Å². The van der Waals surface area contributed by atoms with Gasteiger partial charge in [-0.2, -0.15) is 18.3 Å². The largest absolute Gasteiger partial charge is 0.507 e. The Labute approximate surface area is 108 Å². The minimum atomic E-state index is -4.29. The van der Waals surface area contributed by atoms with E-state index in [0.29, 0.717) is 16.7 Å². The van der Waals surface area contributed by atoms with Crippen molar-refractivity contribution in [1.82, 2.24) is 9.78 Å². The standard InChI is InChI=1S/C13H13F3N2O/c1-8-3-10(4-9(2)12(8)19)11-5-17-18(6-11)7-13(14,15)16/h3-6,19H,7H2,1-2H3. The fourth-order valence-electron chi connectivity index (χ4n) is 1.91. The number of phenols is 1. The van der Waals surface area contributed by atoms with Crippen molar-refractivity contribution in [3.05, 3.63) is 35.7 Å². The highest BCUT2D eigenvalue weighted by Gasteiger charge is 2.28. The highest BCUT2D eigenvalue weighted by molar-refractivity contribution is 5.65. The Kier molecular flexibility index (Phi) is 3.26. The van der Waals surface area contributed by atoms with Crippen molar-refractivity contribution < 1.29 is 18.3 Å². The van der Waals surface area contributed by atoms with Gasteiger partial charge in [0, 0.05) is 11.8 Å². The fourth-order valence-corrected chi connectivity index (χ4v) is 1.91. The van der Waals surface area contributed by atoms with Gasteiger partial charge in [-0.25, -0.2) is 0 Å². The summed E-state index contributed by atoms with van der Waals surface area (Å²) in [6, 6.07) is 3.44. The first kappa shape index (κ1) is 13.5. The molecule has 6 heteroatoms. The van der Waals surface area contributed by atoms with Crippen LogP contribution in [0.15, 0.2) is 24.5 Å². The van der Waals surface area contributed by atoms with E-state index in [1.165, 1.54) is 12.4 Å². The molecule has 0 unspecified atom stereocenters. The first-order valence-electron chi connectivity index (χ1n) is 5.66. The number of aromatic hydroxyl groups is 1. The van der Waals surface area contributed by atoms with Gasteiger partial charge in [0.05, 0.1) is 6.20 Å².